The zero-order valence-corrected chi connectivity index (χ0v) is 21.6. The molecule has 3 aromatic rings. The molecular weight excluding hydrogens is 536 g/mol. The van der Waals surface area contributed by atoms with Gasteiger partial charge in [-0.25, -0.2) is 9.55 Å². The van der Waals surface area contributed by atoms with Crippen molar-refractivity contribution in [2.24, 2.45) is 5.16 Å². The van der Waals surface area contributed by atoms with E-state index in [1.807, 2.05) is 0 Å². The molecule has 1 saturated heterocycles. The highest BCUT2D eigenvalue weighted by Crippen LogP contribution is 2.40. The molecule has 3 N–H and O–H groups in total. The number of nitrogens with zero attached hydrogens (tertiary/aromatic N) is 6. The summed E-state index contributed by atoms with van der Waals surface area (Å²) in [4.78, 5) is 52.2. The van der Waals surface area contributed by atoms with Gasteiger partial charge in [-0.05, 0) is 6.07 Å². The average Bonchev–Trinajstić information content (AvgIpc) is 3.53. The molecule has 2 atom stereocenters. The number of nitrogens with two attached hydrogens (primary N) is 1. The van der Waals surface area contributed by atoms with E-state index in [-0.39, 0.29) is 28.8 Å². The lowest BCUT2D eigenvalue weighted by atomic mass is 10.0. The van der Waals surface area contributed by atoms with Crippen molar-refractivity contribution < 1.29 is 33.4 Å². The van der Waals surface area contributed by atoms with E-state index in [0.717, 1.165) is 16.2 Å². The summed E-state index contributed by atoms with van der Waals surface area (Å²) < 4.78 is 6.79. The monoisotopic (exact) mass is 556 g/mol. The topological polar surface area (TPSA) is 193 Å². The smallest absolute Gasteiger partial charge is 0.276 e. The summed E-state index contributed by atoms with van der Waals surface area (Å²) in [6, 6.07) is 2.60. The summed E-state index contributed by atoms with van der Waals surface area (Å²) in [6.07, 6.45) is 3.51. The number of carbonyl (C=O) groups is 3. The van der Waals surface area contributed by atoms with Crippen molar-refractivity contribution >= 4 is 51.7 Å². The zero-order valence-electron chi connectivity index (χ0n) is 20.0. The third kappa shape index (κ3) is 4.70. The van der Waals surface area contributed by atoms with E-state index < -0.39 is 29.2 Å². The molecule has 0 aromatic carbocycles. The largest absolute Gasteiger partial charge is 0.543 e. The number of pyridine rings is 1. The Morgan fingerprint density at radius 3 is 2.89 bits per heavy atom. The SMILES string of the molecule is CO/N=C(\C(=O)N[C@@H]1C(=O)N2C(C(=O)[O-])=C(C[n+]3cccc(-c4noc(C)n4)c3)CS[C@H]12)c1csc(N)n1. The van der Waals surface area contributed by atoms with Crippen molar-refractivity contribution in [3.8, 4) is 11.4 Å². The van der Waals surface area contributed by atoms with Gasteiger partial charge in [0.05, 0.1) is 17.2 Å². The third-order valence-electron chi connectivity index (χ3n) is 5.71. The molecule has 2 aliphatic rings. The second-order valence-corrected chi connectivity index (χ2v) is 10.2. The molecular formula is C22H20N8O6S2. The van der Waals surface area contributed by atoms with Crippen LogP contribution < -0.4 is 20.7 Å². The van der Waals surface area contributed by atoms with Crippen LogP contribution in [0.3, 0.4) is 0 Å². The van der Waals surface area contributed by atoms with Gasteiger partial charge in [-0.15, -0.1) is 23.1 Å². The van der Waals surface area contributed by atoms with Gasteiger partial charge in [-0.3, -0.25) is 14.5 Å². The molecule has 14 nitrogen and oxygen atoms in total. The highest BCUT2D eigenvalue weighted by Gasteiger charge is 2.53. The number of oxime groups is 1. The lowest BCUT2D eigenvalue weighted by Gasteiger charge is -2.50. The molecule has 0 aliphatic carbocycles. The Morgan fingerprint density at radius 1 is 1.42 bits per heavy atom. The van der Waals surface area contributed by atoms with Crippen LogP contribution in [0.4, 0.5) is 5.13 Å². The van der Waals surface area contributed by atoms with Crippen LogP contribution in [0, 0.1) is 6.92 Å². The number of rotatable bonds is 8. The van der Waals surface area contributed by atoms with Crippen molar-refractivity contribution in [3.05, 3.63) is 52.8 Å². The fourth-order valence-electron chi connectivity index (χ4n) is 4.08. The van der Waals surface area contributed by atoms with Crippen LogP contribution in [0.2, 0.25) is 0 Å². The van der Waals surface area contributed by atoms with E-state index in [2.05, 4.69) is 25.6 Å². The van der Waals surface area contributed by atoms with Gasteiger partial charge >= 0.3 is 0 Å². The van der Waals surface area contributed by atoms with Crippen LogP contribution in [0.25, 0.3) is 11.4 Å². The predicted molar refractivity (Wildman–Crippen MR) is 132 cm³/mol. The summed E-state index contributed by atoms with van der Waals surface area (Å²) in [7, 11) is 1.27. The summed E-state index contributed by atoms with van der Waals surface area (Å²) in [5.41, 5.74) is 6.64. The number of nitrogens with one attached hydrogen (secondary N) is 1. The molecule has 5 heterocycles. The first-order valence-corrected chi connectivity index (χ1v) is 13.0. The first kappa shape index (κ1) is 25.3. The van der Waals surface area contributed by atoms with Crippen molar-refractivity contribution in [3.63, 3.8) is 0 Å². The molecule has 196 valence electrons. The van der Waals surface area contributed by atoms with Gasteiger partial charge in [-0.2, -0.15) is 4.98 Å². The van der Waals surface area contributed by atoms with Gasteiger partial charge in [0.1, 0.15) is 24.2 Å². The average molecular weight is 557 g/mol. The second-order valence-electron chi connectivity index (χ2n) is 8.20. The van der Waals surface area contributed by atoms with Gasteiger partial charge in [0.2, 0.25) is 11.7 Å². The number of nitrogen functional groups attached to an aromatic ring is 1. The van der Waals surface area contributed by atoms with Crippen LogP contribution in [-0.4, -0.2) is 67.8 Å². The highest BCUT2D eigenvalue weighted by molar-refractivity contribution is 8.00. The Hall–Kier alpha value is -4.31. The third-order valence-corrected chi connectivity index (χ3v) is 7.72. The van der Waals surface area contributed by atoms with Gasteiger partial charge < -0.3 is 30.3 Å². The van der Waals surface area contributed by atoms with Crippen molar-refractivity contribution in [2.75, 3.05) is 18.6 Å². The molecule has 2 aliphatic heterocycles. The Kier molecular flexibility index (Phi) is 6.81. The quantitative estimate of drug-likeness (QED) is 0.147. The van der Waals surface area contributed by atoms with Crippen LogP contribution in [0.5, 0.6) is 0 Å². The van der Waals surface area contributed by atoms with Crippen LogP contribution in [0.15, 0.2) is 50.9 Å². The molecule has 1 fully saturated rings. The number of amides is 2. The number of hydrogen-bond acceptors (Lipinski definition) is 13. The number of thiazole rings is 1. The second kappa shape index (κ2) is 10.2. The number of aryl methyl sites for hydroxylation is 1. The number of anilines is 1. The van der Waals surface area contributed by atoms with Gasteiger partial charge in [0.25, 0.3) is 11.8 Å². The minimum Gasteiger partial charge on any atom is -0.543 e. The summed E-state index contributed by atoms with van der Waals surface area (Å²) in [6.45, 7) is 1.87. The number of aliphatic carboxylic acids is 1. The Bertz CT molecular complexity index is 1500. The number of thioether (sulfide) groups is 1. The van der Waals surface area contributed by atoms with Crippen molar-refractivity contribution in [1.82, 2.24) is 25.3 Å². The Labute approximate surface area is 223 Å². The summed E-state index contributed by atoms with van der Waals surface area (Å²) in [5.74, 6) is -1.65. The molecule has 0 radical (unpaired) electrons. The number of carboxylic acid groups (broad SMARTS) is 1. The van der Waals surface area contributed by atoms with E-state index in [1.165, 1.54) is 24.3 Å². The number of fused-ring (bicyclic) bond motifs is 1. The number of β-lactam (4-membered cyclic amide) rings is 1. The minimum absolute atomic E-state index is 0.156. The molecule has 0 saturated carbocycles. The molecule has 5 rings (SSSR count). The summed E-state index contributed by atoms with van der Waals surface area (Å²) in [5, 5.41) is 23.5. The molecule has 0 spiro atoms. The molecule has 16 heteroatoms. The molecule has 0 unspecified atom stereocenters. The molecule has 2 amide bonds. The highest BCUT2D eigenvalue weighted by atomic mass is 32.2. The van der Waals surface area contributed by atoms with Crippen molar-refractivity contribution in [1.29, 1.82) is 0 Å². The van der Waals surface area contributed by atoms with Crippen LogP contribution in [-0.2, 0) is 25.8 Å². The maximum absolute atomic E-state index is 13.0. The molecule has 3 aromatic heterocycles. The zero-order chi connectivity index (χ0) is 27.0. The molecule has 38 heavy (non-hydrogen) atoms. The fourth-order valence-corrected chi connectivity index (χ4v) is 5.97. The number of aromatic nitrogens is 4. The summed E-state index contributed by atoms with van der Waals surface area (Å²) >= 11 is 2.45. The van der Waals surface area contributed by atoms with Crippen LogP contribution >= 0.6 is 23.1 Å². The lowest BCUT2D eigenvalue weighted by molar-refractivity contribution is -0.688. The first-order chi connectivity index (χ1) is 18.3. The standard InChI is InChI=1S/C22H20N8O6S2/c1-10-24-17(28-36-10)11-4-3-5-29(6-11)7-12-8-37-20-15(19(32)30(20)16(12)21(33)34)26-18(31)14(27-35-2)13-9-38-22(23)25-13/h3-6,9,15,20H,7-8H2,1-2H3,(H3-,23,25,26,31,33,34)/b27-14-/t15-,20-/m1/s1. The fraction of sp³-hybridized carbons (Fsp3) is 0.273. The lowest BCUT2D eigenvalue weighted by Crippen LogP contribution is -2.71. The van der Waals surface area contributed by atoms with E-state index in [0.29, 0.717) is 28.6 Å². The van der Waals surface area contributed by atoms with Gasteiger partial charge in [-0.1, -0.05) is 10.3 Å². The normalized spacial score (nSPS) is 19.2. The number of hydrogen-bond donors (Lipinski definition) is 2. The maximum Gasteiger partial charge on any atom is 0.276 e. The minimum atomic E-state index is -1.48. The van der Waals surface area contributed by atoms with E-state index in [9.17, 15) is 19.5 Å². The van der Waals surface area contributed by atoms with E-state index in [1.54, 1.807) is 36.0 Å². The van der Waals surface area contributed by atoms with E-state index in [4.69, 9.17) is 15.1 Å². The number of carbonyl (C=O) groups excluding carboxylic acids is 3. The van der Waals surface area contributed by atoms with Crippen LogP contribution in [0.1, 0.15) is 11.6 Å². The Morgan fingerprint density at radius 2 is 2.24 bits per heavy atom. The maximum atomic E-state index is 13.0. The van der Waals surface area contributed by atoms with Gasteiger partial charge in [0, 0.05) is 29.7 Å². The predicted octanol–water partition coefficient (Wildman–Crippen LogP) is -1.17. The number of carboxylic acids is 1. The van der Waals surface area contributed by atoms with E-state index >= 15 is 0 Å². The molecule has 0 bridgehead atoms. The first-order valence-electron chi connectivity index (χ1n) is 11.1. The van der Waals surface area contributed by atoms with Crippen molar-refractivity contribution in [2.45, 2.75) is 24.9 Å². The van der Waals surface area contributed by atoms with Gasteiger partial charge in [0.15, 0.2) is 29.8 Å². The Balaban J connectivity index is 1.35.